The lowest BCUT2D eigenvalue weighted by Crippen LogP contribution is -2.36. The molecule has 0 unspecified atom stereocenters. The van der Waals surface area contributed by atoms with E-state index in [2.05, 4.69) is 50.2 Å². The van der Waals surface area contributed by atoms with Crippen LogP contribution in [0.5, 0.6) is 0 Å². The monoisotopic (exact) mass is 274 g/mol. The maximum atomic E-state index is 12.2. The Morgan fingerprint density at radius 3 is 2.30 bits per heavy atom. The fourth-order valence-electron chi connectivity index (χ4n) is 3.26. The first-order chi connectivity index (χ1) is 9.47. The van der Waals surface area contributed by atoms with E-state index in [4.69, 9.17) is 0 Å². The fraction of sp³-hybridized carbons (Fsp3) is 0.588. The van der Waals surface area contributed by atoms with Gasteiger partial charge in [0.25, 0.3) is 0 Å². The molecule has 1 fully saturated rings. The van der Waals surface area contributed by atoms with Crippen molar-refractivity contribution in [3.05, 3.63) is 28.8 Å². The van der Waals surface area contributed by atoms with Crippen LogP contribution in [0, 0.1) is 20.8 Å². The van der Waals surface area contributed by atoms with E-state index in [0.29, 0.717) is 12.6 Å². The maximum Gasteiger partial charge on any atom is 0.238 e. The molecular weight excluding hydrogens is 248 g/mol. The Hall–Kier alpha value is -1.35. The normalized spacial score (nSPS) is 15.8. The van der Waals surface area contributed by atoms with Gasteiger partial charge < -0.3 is 5.32 Å². The van der Waals surface area contributed by atoms with E-state index in [1.165, 1.54) is 31.2 Å². The third kappa shape index (κ3) is 3.60. The number of nitrogens with one attached hydrogen (secondary N) is 1. The average Bonchev–Trinajstić information content (AvgIpc) is 2.87. The van der Waals surface area contributed by atoms with Crippen LogP contribution in [0.25, 0.3) is 0 Å². The van der Waals surface area contributed by atoms with Crippen molar-refractivity contribution in [2.45, 2.75) is 52.5 Å². The minimum absolute atomic E-state index is 0.0921. The Bertz CT molecular complexity index is 467. The highest BCUT2D eigenvalue weighted by Gasteiger charge is 2.21. The van der Waals surface area contributed by atoms with Crippen molar-refractivity contribution in [2.75, 3.05) is 18.9 Å². The second-order valence-corrected chi connectivity index (χ2v) is 6.18. The van der Waals surface area contributed by atoms with E-state index in [-0.39, 0.29) is 5.91 Å². The van der Waals surface area contributed by atoms with Gasteiger partial charge in [0.1, 0.15) is 0 Å². The van der Waals surface area contributed by atoms with Gasteiger partial charge in [-0.15, -0.1) is 0 Å². The van der Waals surface area contributed by atoms with Gasteiger partial charge in [-0.05, 0) is 51.8 Å². The average molecular weight is 274 g/mol. The number of hydrogen-bond donors (Lipinski definition) is 1. The van der Waals surface area contributed by atoms with E-state index in [0.717, 1.165) is 16.8 Å². The molecule has 0 aliphatic heterocycles. The summed E-state index contributed by atoms with van der Waals surface area (Å²) >= 11 is 0. The zero-order valence-corrected chi connectivity index (χ0v) is 13.1. The van der Waals surface area contributed by atoms with Gasteiger partial charge in [0.05, 0.1) is 6.54 Å². The first-order valence-electron chi connectivity index (χ1n) is 7.55. The van der Waals surface area contributed by atoms with Crippen LogP contribution >= 0.6 is 0 Å². The molecule has 0 saturated heterocycles. The predicted molar refractivity (Wildman–Crippen MR) is 84.2 cm³/mol. The van der Waals surface area contributed by atoms with Crippen LogP contribution in [-0.2, 0) is 4.79 Å². The number of rotatable bonds is 4. The van der Waals surface area contributed by atoms with E-state index >= 15 is 0 Å². The lowest BCUT2D eigenvalue weighted by molar-refractivity contribution is -0.117. The molecular formula is C17H26N2O. The molecule has 1 N–H and O–H groups in total. The third-order valence-corrected chi connectivity index (χ3v) is 4.28. The van der Waals surface area contributed by atoms with Gasteiger partial charge in [0.2, 0.25) is 5.91 Å². The highest BCUT2D eigenvalue weighted by molar-refractivity contribution is 5.93. The van der Waals surface area contributed by atoms with Crippen molar-refractivity contribution >= 4 is 11.6 Å². The number of anilines is 1. The molecule has 20 heavy (non-hydrogen) atoms. The number of amides is 1. The molecule has 1 aromatic carbocycles. The molecule has 0 aromatic heterocycles. The zero-order chi connectivity index (χ0) is 14.7. The molecule has 0 atom stereocenters. The lowest BCUT2D eigenvalue weighted by atomic mass is 10.1. The Balaban J connectivity index is 1.97. The first-order valence-corrected chi connectivity index (χ1v) is 7.55. The molecule has 3 heteroatoms. The molecule has 0 radical (unpaired) electrons. The lowest BCUT2D eigenvalue weighted by Gasteiger charge is -2.23. The molecule has 1 aliphatic rings. The van der Waals surface area contributed by atoms with Gasteiger partial charge in [-0.2, -0.15) is 0 Å². The predicted octanol–water partition coefficient (Wildman–Crippen LogP) is 3.42. The van der Waals surface area contributed by atoms with Crippen molar-refractivity contribution in [1.82, 2.24) is 4.90 Å². The van der Waals surface area contributed by atoms with Gasteiger partial charge in [0.15, 0.2) is 0 Å². The quantitative estimate of drug-likeness (QED) is 0.912. The van der Waals surface area contributed by atoms with Gasteiger partial charge in [-0.1, -0.05) is 30.5 Å². The van der Waals surface area contributed by atoms with Crippen molar-refractivity contribution < 1.29 is 4.79 Å². The van der Waals surface area contributed by atoms with Crippen molar-refractivity contribution in [2.24, 2.45) is 0 Å². The summed E-state index contributed by atoms with van der Waals surface area (Å²) in [7, 11) is 2.06. The smallest absolute Gasteiger partial charge is 0.238 e. The van der Waals surface area contributed by atoms with E-state index < -0.39 is 0 Å². The second kappa shape index (κ2) is 6.40. The molecule has 1 saturated carbocycles. The van der Waals surface area contributed by atoms with Crippen molar-refractivity contribution in [1.29, 1.82) is 0 Å². The number of aryl methyl sites for hydroxylation is 3. The summed E-state index contributed by atoms with van der Waals surface area (Å²) in [6.45, 7) is 6.67. The van der Waals surface area contributed by atoms with Crippen LogP contribution in [0.2, 0.25) is 0 Å². The standard InChI is InChI=1S/C17H26N2O/c1-12-9-13(2)17(14(3)10-12)18-16(20)11-19(4)15-7-5-6-8-15/h9-10,15H,5-8,11H2,1-4H3,(H,18,20). The highest BCUT2D eigenvalue weighted by atomic mass is 16.2. The molecule has 0 spiro atoms. The highest BCUT2D eigenvalue weighted by Crippen LogP contribution is 2.23. The molecule has 1 aliphatic carbocycles. The molecule has 3 nitrogen and oxygen atoms in total. The van der Waals surface area contributed by atoms with Crippen molar-refractivity contribution in [3.63, 3.8) is 0 Å². The minimum Gasteiger partial charge on any atom is -0.324 e. The number of likely N-dealkylation sites (N-methyl/N-ethyl adjacent to an activating group) is 1. The summed E-state index contributed by atoms with van der Waals surface area (Å²) in [5.41, 5.74) is 4.49. The van der Waals surface area contributed by atoms with Crippen LogP contribution in [0.1, 0.15) is 42.4 Å². The van der Waals surface area contributed by atoms with Crippen LogP contribution in [-0.4, -0.2) is 30.4 Å². The number of carbonyl (C=O) groups excluding carboxylic acids is 1. The molecule has 2 rings (SSSR count). The van der Waals surface area contributed by atoms with Gasteiger partial charge in [-0.3, -0.25) is 9.69 Å². The Labute approximate surface area is 122 Å². The first kappa shape index (κ1) is 15.0. The Morgan fingerprint density at radius 1 is 1.20 bits per heavy atom. The molecule has 1 amide bonds. The number of benzene rings is 1. The maximum absolute atomic E-state index is 12.2. The summed E-state index contributed by atoms with van der Waals surface area (Å²) in [6, 6.07) is 4.81. The van der Waals surface area contributed by atoms with E-state index in [1.54, 1.807) is 0 Å². The largest absolute Gasteiger partial charge is 0.324 e. The summed E-state index contributed by atoms with van der Waals surface area (Å²) in [4.78, 5) is 14.4. The zero-order valence-electron chi connectivity index (χ0n) is 13.1. The summed E-state index contributed by atoms with van der Waals surface area (Å²) in [5.74, 6) is 0.0921. The van der Waals surface area contributed by atoms with Crippen molar-refractivity contribution in [3.8, 4) is 0 Å². The van der Waals surface area contributed by atoms with Crippen LogP contribution in [0.3, 0.4) is 0 Å². The van der Waals surface area contributed by atoms with Gasteiger partial charge in [0, 0.05) is 11.7 Å². The summed E-state index contributed by atoms with van der Waals surface area (Å²) in [5, 5.41) is 3.08. The molecule has 110 valence electrons. The van der Waals surface area contributed by atoms with Crippen LogP contribution < -0.4 is 5.32 Å². The van der Waals surface area contributed by atoms with Gasteiger partial charge in [-0.25, -0.2) is 0 Å². The summed E-state index contributed by atoms with van der Waals surface area (Å²) < 4.78 is 0. The van der Waals surface area contributed by atoms with Crippen LogP contribution in [0.4, 0.5) is 5.69 Å². The second-order valence-electron chi connectivity index (χ2n) is 6.18. The molecule has 0 heterocycles. The Morgan fingerprint density at radius 2 is 1.75 bits per heavy atom. The Kier molecular flexibility index (Phi) is 4.81. The fourth-order valence-corrected chi connectivity index (χ4v) is 3.26. The topological polar surface area (TPSA) is 32.3 Å². The molecule has 0 bridgehead atoms. The van der Waals surface area contributed by atoms with E-state index in [1.807, 2.05) is 0 Å². The number of carbonyl (C=O) groups is 1. The summed E-state index contributed by atoms with van der Waals surface area (Å²) in [6.07, 6.45) is 5.05. The molecule has 1 aromatic rings. The third-order valence-electron chi connectivity index (χ3n) is 4.28. The SMILES string of the molecule is Cc1cc(C)c(NC(=O)CN(C)C2CCCC2)c(C)c1. The van der Waals surface area contributed by atoms with Gasteiger partial charge >= 0.3 is 0 Å². The van der Waals surface area contributed by atoms with E-state index in [9.17, 15) is 4.79 Å². The minimum atomic E-state index is 0.0921. The number of hydrogen-bond acceptors (Lipinski definition) is 2. The van der Waals surface area contributed by atoms with Crippen LogP contribution in [0.15, 0.2) is 12.1 Å². The number of nitrogens with zero attached hydrogens (tertiary/aromatic N) is 1.